The minimum Gasteiger partial charge on any atom is -0.465 e. The predicted octanol–water partition coefficient (Wildman–Crippen LogP) is 3.23. The number of carbonyl (C=O) groups is 2. The molecule has 0 amide bonds. The highest BCUT2D eigenvalue weighted by Gasteiger charge is 2.15. The number of aryl methyl sites for hydroxylation is 1. The highest BCUT2D eigenvalue weighted by atomic mass is 16.5. The molecule has 6 nitrogen and oxygen atoms in total. The Kier molecular flexibility index (Phi) is 5.17. The molecule has 0 unspecified atom stereocenters. The van der Waals surface area contributed by atoms with Gasteiger partial charge >= 0.3 is 11.9 Å². The molecule has 0 bridgehead atoms. The third-order valence-corrected chi connectivity index (χ3v) is 3.23. The van der Waals surface area contributed by atoms with Crippen LogP contribution in [0.15, 0.2) is 36.4 Å². The summed E-state index contributed by atoms with van der Waals surface area (Å²) in [7, 11) is 2.48. The topological polar surface area (TPSA) is 85.6 Å². The summed E-state index contributed by atoms with van der Waals surface area (Å²) in [5.41, 5.74) is 1.54. The lowest BCUT2D eigenvalue weighted by Gasteiger charge is -2.11. The van der Waals surface area contributed by atoms with Crippen LogP contribution in [-0.4, -0.2) is 26.2 Å². The zero-order valence-electron chi connectivity index (χ0n) is 13.5. The number of rotatable bonds is 4. The molecule has 0 atom stereocenters. The van der Waals surface area contributed by atoms with Crippen LogP contribution in [0.3, 0.4) is 0 Å². The molecule has 2 aromatic carbocycles. The Hall–Kier alpha value is -3.33. The molecule has 0 fully saturated rings. The second-order valence-electron chi connectivity index (χ2n) is 4.94. The van der Waals surface area contributed by atoms with Gasteiger partial charge in [0.25, 0.3) is 0 Å². The van der Waals surface area contributed by atoms with Gasteiger partial charge in [-0.3, -0.25) is 0 Å². The van der Waals surface area contributed by atoms with E-state index in [-0.39, 0.29) is 16.9 Å². The van der Waals surface area contributed by atoms with Crippen molar-refractivity contribution in [3.63, 3.8) is 0 Å². The third-order valence-electron chi connectivity index (χ3n) is 3.23. The summed E-state index contributed by atoms with van der Waals surface area (Å²) < 4.78 is 15.0. The third kappa shape index (κ3) is 3.70. The summed E-state index contributed by atoms with van der Waals surface area (Å²) in [6.45, 7) is 1.86. The van der Waals surface area contributed by atoms with Crippen molar-refractivity contribution in [2.24, 2.45) is 0 Å². The van der Waals surface area contributed by atoms with E-state index in [0.29, 0.717) is 11.3 Å². The van der Waals surface area contributed by atoms with E-state index >= 15 is 0 Å². The Balaban J connectivity index is 2.48. The van der Waals surface area contributed by atoms with E-state index in [1.54, 1.807) is 18.2 Å². The zero-order valence-corrected chi connectivity index (χ0v) is 13.5. The second-order valence-corrected chi connectivity index (χ2v) is 4.94. The van der Waals surface area contributed by atoms with Gasteiger partial charge in [0.2, 0.25) is 0 Å². The maximum atomic E-state index is 11.8. The first-order valence-corrected chi connectivity index (χ1v) is 6.98. The number of hydrogen-bond acceptors (Lipinski definition) is 6. The lowest BCUT2D eigenvalue weighted by molar-refractivity contribution is 0.0598. The van der Waals surface area contributed by atoms with Crippen LogP contribution in [0.1, 0.15) is 31.8 Å². The minimum atomic E-state index is -0.616. The summed E-state index contributed by atoms with van der Waals surface area (Å²) in [5, 5.41) is 9.20. The van der Waals surface area contributed by atoms with Crippen LogP contribution in [0.5, 0.6) is 11.5 Å². The minimum absolute atomic E-state index is 0.140. The first kappa shape index (κ1) is 17.0. The zero-order chi connectivity index (χ0) is 17.7. The van der Waals surface area contributed by atoms with Crippen LogP contribution in [0, 0.1) is 18.3 Å². The molecule has 0 saturated carbocycles. The molecule has 2 rings (SSSR count). The highest BCUT2D eigenvalue weighted by molar-refractivity contribution is 5.96. The molecule has 0 aliphatic rings. The highest BCUT2D eigenvalue weighted by Crippen LogP contribution is 2.28. The van der Waals surface area contributed by atoms with Crippen LogP contribution < -0.4 is 4.74 Å². The van der Waals surface area contributed by atoms with Gasteiger partial charge in [0.15, 0.2) is 0 Å². The van der Waals surface area contributed by atoms with Crippen LogP contribution in [0.2, 0.25) is 0 Å². The number of ether oxygens (including phenoxy) is 3. The Bertz CT molecular complexity index is 802. The van der Waals surface area contributed by atoms with E-state index in [1.165, 1.54) is 32.4 Å². The fourth-order valence-electron chi connectivity index (χ4n) is 2.08. The van der Waals surface area contributed by atoms with Crippen LogP contribution in [0.4, 0.5) is 0 Å². The van der Waals surface area contributed by atoms with Crippen LogP contribution in [-0.2, 0) is 9.47 Å². The lowest BCUT2D eigenvalue weighted by atomic mass is 10.1. The van der Waals surface area contributed by atoms with E-state index in [4.69, 9.17) is 4.74 Å². The van der Waals surface area contributed by atoms with Gasteiger partial charge in [-0.25, -0.2) is 9.59 Å². The molecule has 0 spiro atoms. The first-order chi connectivity index (χ1) is 11.5. The van der Waals surface area contributed by atoms with Crippen LogP contribution >= 0.6 is 0 Å². The Labute approximate surface area is 139 Å². The lowest BCUT2D eigenvalue weighted by Crippen LogP contribution is -2.07. The van der Waals surface area contributed by atoms with Crippen molar-refractivity contribution in [1.29, 1.82) is 5.26 Å². The monoisotopic (exact) mass is 325 g/mol. The average Bonchev–Trinajstić information content (AvgIpc) is 2.61. The van der Waals surface area contributed by atoms with Gasteiger partial charge in [0.05, 0.1) is 30.9 Å². The molecule has 0 radical (unpaired) electrons. The van der Waals surface area contributed by atoms with Gasteiger partial charge in [-0.05, 0) is 42.8 Å². The van der Waals surface area contributed by atoms with Crippen molar-refractivity contribution in [1.82, 2.24) is 0 Å². The fraction of sp³-hybridized carbons (Fsp3) is 0.167. The van der Waals surface area contributed by atoms with Gasteiger partial charge in [0.1, 0.15) is 17.6 Å². The van der Waals surface area contributed by atoms with Crippen molar-refractivity contribution < 1.29 is 23.8 Å². The summed E-state index contributed by atoms with van der Waals surface area (Å²) in [6, 6.07) is 11.4. The van der Waals surface area contributed by atoms with E-state index in [2.05, 4.69) is 9.47 Å². The first-order valence-electron chi connectivity index (χ1n) is 6.98. The molecule has 0 aliphatic heterocycles. The van der Waals surface area contributed by atoms with E-state index in [9.17, 15) is 14.9 Å². The van der Waals surface area contributed by atoms with Crippen molar-refractivity contribution in [3.8, 4) is 17.6 Å². The predicted molar refractivity (Wildman–Crippen MR) is 85.1 cm³/mol. The number of nitrogens with zero attached hydrogens (tertiary/aromatic N) is 1. The largest absolute Gasteiger partial charge is 0.465 e. The van der Waals surface area contributed by atoms with E-state index in [1.807, 2.05) is 13.0 Å². The molecule has 122 valence electrons. The number of methoxy groups -OCH3 is 2. The number of benzene rings is 2. The van der Waals surface area contributed by atoms with Crippen molar-refractivity contribution in [2.45, 2.75) is 6.92 Å². The van der Waals surface area contributed by atoms with Crippen LogP contribution in [0.25, 0.3) is 0 Å². The Morgan fingerprint density at radius 2 is 1.54 bits per heavy atom. The average molecular weight is 325 g/mol. The van der Waals surface area contributed by atoms with Gasteiger partial charge in [-0.15, -0.1) is 0 Å². The van der Waals surface area contributed by atoms with Crippen molar-refractivity contribution >= 4 is 11.9 Å². The normalized spacial score (nSPS) is 9.75. The van der Waals surface area contributed by atoms with E-state index in [0.717, 1.165) is 5.56 Å². The standard InChI is InChI=1S/C18H15NO5/c1-11-4-5-16(14(6-11)10-19)24-15-8-12(17(20)22-2)7-13(9-15)18(21)23-3/h4-9H,1-3H3. The Morgan fingerprint density at radius 1 is 0.958 bits per heavy atom. The van der Waals surface area contributed by atoms with Crippen molar-refractivity contribution in [3.05, 3.63) is 58.7 Å². The second kappa shape index (κ2) is 7.29. The molecule has 24 heavy (non-hydrogen) atoms. The molecule has 0 saturated heterocycles. The number of hydrogen-bond donors (Lipinski definition) is 0. The molecule has 0 heterocycles. The van der Waals surface area contributed by atoms with E-state index < -0.39 is 11.9 Å². The smallest absolute Gasteiger partial charge is 0.338 e. The maximum Gasteiger partial charge on any atom is 0.338 e. The fourth-order valence-corrected chi connectivity index (χ4v) is 2.08. The molecule has 0 aliphatic carbocycles. The molecule has 2 aromatic rings. The summed E-state index contributed by atoms with van der Waals surface area (Å²) in [4.78, 5) is 23.5. The van der Waals surface area contributed by atoms with Gasteiger partial charge in [-0.1, -0.05) is 6.07 Å². The summed E-state index contributed by atoms with van der Waals surface area (Å²) >= 11 is 0. The molecule has 0 aromatic heterocycles. The Morgan fingerprint density at radius 3 is 2.04 bits per heavy atom. The maximum absolute atomic E-state index is 11.8. The number of esters is 2. The van der Waals surface area contributed by atoms with Gasteiger partial charge < -0.3 is 14.2 Å². The SMILES string of the molecule is COC(=O)c1cc(Oc2ccc(C)cc2C#N)cc(C(=O)OC)c1. The van der Waals surface area contributed by atoms with Gasteiger partial charge in [0, 0.05) is 0 Å². The quantitative estimate of drug-likeness (QED) is 0.802. The molecule has 6 heteroatoms. The summed E-state index contributed by atoms with van der Waals surface area (Å²) in [5.74, 6) is -0.690. The number of carbonyl (C=O) groups excluding carboxylic acids is 2. The van der Waals surface area contributed by atoms with Gasteiger partial charge in [-0.2, -0.15) is 5.26 Å². The van der Waals surface area contributed by atoms with Crippen molar-refractivity contribution in [2.75, 3.05) is 14.2 Å². The molecule has 0 N–H and O–H groups in total. The molecular weight excluding hydrogens is 310 g/mol. The molecular formula is C18H15NO5. The summed E-state index contributed by atoms with van der Waals surface area (Å²) in [6.07, 6.45) is 0. The number of nitriles is 1.